The number of carbonyl (C=O) groups is 1. The summed E-state index contributed by atoms with van der Waals surface area (Å²) in [7, 11) is 1.70. The predicted molar refractivity (Wildman–Crippen MR) is 56.9 cm³/mol. The van der Waals surface area contributed by atoms with Crippen LogP contribution in [0.5, 0.6) is 0 Å². The van der Waals surface area contributed by atoms with Gasteiger partial charge in [0.05, 0.1) is 5.41 Å². The Kier molecular flexibility index (Phi) is 3.89. The van der Waals surface area contributed by atoms with E-state index >= 15 is 0 Å². The molecule has 0 bridgehead atoms. The summed E-state index contributed by atoms with van der Waals surface area (Å²) in [6.45, 7) is 5.67. The van der Waals surface area contributed by atoms with Gasteiger partial charge >= 0.3 is 0 Å². The smallest absolute Gasteiger partial charge is 0.227 e. The van der Waals surface area contributed by atoms with Gasteiger partial charge in [-0.2, -0.15) is 0 Å². The average Bonchev–Trinajstić information content (AvgIpc) is 2.57. The molecule has 1 fully saturated rings. The highest BCUT2D eigenvalue weighted by Gasteiger charge is 2.39. The lowest BCUT2D eigenvalue weighted by Crippen LogP contribution is -2.39. The second kappa shape index (κ2) is 4.75. The van der Waals surface area contributed by atoms with Crippen molar-refractivity contribution in [1.29, 1.82) is 0 Å². The molecule has 1 rings (SSSR count). The molecule has 0 aliphatic carbocycles. The molecular weight excluding hydrogens is 178 g/mol. The van der Waals surface area contributed by atoms with Crippen LogP contribution in [-0.4, -0.2) is 44.0 Å². The van der Waals surface area contributed by atoms with Crippen molar-refractivity contribution >= 4 is 5.91 Å². The number of hydrogen-bond acceptors (Lipinski definition) is 3. The third kappa shape index (κ3) is 2.45. The molecule has 0 aromatic carbocycles. The average molecular weight is 199 g/mol. The summed E-state index contributed by atoms with van der Waals surface area (Å²) >= 11 is 0. The van der Waals surface area contributed by atoms with E-state index in [1.807, 2.05) is 6.92 Å². The fourth-order valence-electron chi connectivity index (χ4n) is 2.05. The van der Waals surface area contributed by atoms with Crippen molar-refractivity contribution in [2.75, 3.05) is 33.2 Å². The number of likely N-dealkylation sites (tertiary alicyclic amines) is 1. The van der Waals surface area contributed by atoms with E-state index in [1.54, 1.807) is 7.05 Å². The van der Waals surface area contributed by atoms with E-state index in [-0.39, 0.29) is 11.3 Å². The molecule has 0 spiro atoms. The largest absolute Gasteiger partial charge is 0.359 e. The second-order valence-corrected chi connectivity index (χ2v) is 4.31. The van der Waals surface area contributed by atoms with Gasteiger partial charge in [-0.05, 0) is 39.4 Å². The summed E-state index contributed by atoms with van der Waals surface area (Å²) in [5.74, 6) is 0.160. The third-order valence-corrected chi connectivity index (χ3v) is 3.01. The van der Waals surface area contributed by atoms with E-state index in [2.05, 4.69) is 10.2 Å². The number of hydrogen-bond donors (Lipinski definition) is 2. The molecule has 3 N–H and O–H groups in total. The monoisotopic (exact) mass is 199 g/mol. The van der Waals surface area contributed by atoms with Crippen molar-refractivity contribution in [3.8, 4) is 0 Å². The summed E-state index contributed by atoms with van der Waals surface area (Å²) < 4.78 is 0. The summed E-state index contributed by atoms with van der Waals surface area (Å²) in [6, 6.07) is 0. The van der Waals surface area contributed by atoms with Gasteiger partial charge in [0.2, 0.25) is 5.91 Å². The van der Waals surface area contributed by atoms with Crippen molar-refractivity contribution < 1.29 is 4.79 Å². The van der Waals surface area contributed by atoms with Gasteiger partial charge < -0.3 is 16.0 Å². The molecule has 0 aromatic rings. The number of carbonyl (C=O) groups excluding carboxylic acids is 1. The minimum Gasteiger partial charge on any atom is -0.359 e. The Morgan fingerprint density at radius 1 is 1.64 bits per heavy atom. The number of nitrogens with one attached hydrogen (secondary N) is 1. The first-order valence-corrected chi connectivity index (χ1v) is 5.27. The molecule has 4 heteroatoms. The van der Waals surface area contributed by atoms with Crippen molar-refractivity contribution in [3.63, 3.8) is 0 Å². The molecule has 1 heterocycles. The number of nitrogens with two attached hydrogens (primary N) is 1. The fraction of sp³-hybridized carbons (Fsp3) is 0.900. The maximum absolute atomic E-state index is 11.6. The summed E-state index contributed by atoms with van der Waals surface area (Å²) in [5, 5.41) is 2.73. The van der Waals surface area contributed by atoms with Crippen LogP contribution >= 0.6 is 0 Å². The van der Waals surface area contributed by atoms with Crippen molar-refractivity contribution in [3.05, 3.63) is 0 Å². The van der Waals surface area contributed by atoms with E-state index in [0.717, 1.165) is 39.0 Å². The van der Waals surface area contributed by atoms with Crippen LogP contribution in [0.3, 0.4) is 0 Å². The molecule has 14 heavy (non-hydrogen) atoms. The molecule has 1 amide bonds. The van der Waals surface area contributed by atoms with Crippen LogP contribution in [0.4, 0.5) is 0 Å². The fourth-order valence-corrected chi connectivity index (χ4v) is 2.05. The Balaban J connectivity index is 2.42. The zero-order valence-corrected chi connectivity index (χ0v) is 9.18. The van der Waals surface area contributed by atoms with Crippen LogP contribution in [0.1, 0.15) is 19.8 Å². The third-order valence-electron chi connectivity index (χ3n) is 3.01. The molecule has 1 unspecified atom stereocenters. The number of amides is 1. The van der Waals surface area contributed by atoms with Gasteiger partial charge in [0.15, 0.2) is 0 Å². The zero-order valence-electron chi connectivity index (χ0n) is 9.18. The highest BCUT2D eigenvalue weighted by atomic mass is 16.2. The summed E-state index contributed by atoms with van der Waals surface area (Å²) in [4.78, 5) is 13.9. The van der Waals surface area contributed by atoms with E-state index in [1.165, 1.54) is 0 Å². The van der Waals surface area contributed by atoms with Crippen LogP contribution in [0.2, 0.25) is 0 Å². The topological polar surface area (TPSA) is 58.4 Å². The molecule has 82 valence electrons. The van der Waals surface area contributed by atoms with Gasteiger partial charge in [-0.25, -0.2) is 0 Å². The lowest BCUT2D eigenvalue weighted by Gasteiger charge is -2.22. The summed E-state index contributed by atoms with van der Waals surface area (Å²) in [6.07, 6.45) is 1.97. The van der Waals surface area contributed by atoms with Crippen molar-refractivity contribution in [2.24, 2.45) is 11.1 Å². The molecular formula is C10H21N3O. The quantitative estimate of drug-likeness (QED) is 0.659. The highest BCUT2D eigenvalue weighted by Crippen LogP contribution is 2.29. The first-order chi connectivity index (χ1) is 6.62. The first kappa shape index (κ1) is 11.5. The SMILES string of the molecule is CNC(=O)C1(C)CCN(CCCN)C1. The van der Waals surface area contributed by atoms with Crippen LogP contribution < -0.4 is 11.1 Å². The lowest BCUT2D eigenvalue weighted by atomic mass is 9.89. The van der Waals surface area contributed by atoms with E-state index in [4.69, 9.17) is 5.73 Å². The Morgan fingerprint density at radius 3 is 2.93 bits per heavy atom. The minimum absolute atomic E-state index is 0.160. The first-order valence-electron chi connectivity index (χ1n) is 5.27. The van der Waals surface area contributed by atoms with Crippen molar-refractivity contribution in [1.82, 2.24) is 10.2 Å². The Hall–Kier alpha value is -0.610. The van der Waals surface area contributed by atoms with Gasteiger partial charge in [0.25, 0.3) is 0 Å². The van der Waals surface area contributed by atoms with Gasteiger partial charge in [-0.1, -0.05) is 0 Å². The van der Waals surface area contributed by atoms with E-state index in [0.29, 0.717) is 0 Å². The normalized spacial score (nSPS) is 27.9. The van der Waals surface area contributed by atoms with Crippen LogP contribution in [0.15, 0.2) is 0 Å². The predicted octanol–water partition coefficient (Wildman–Crippen LogP) is -0.207. The molecule has 1 atom stereocenters. The van der Waals surface area contributed by atoms with Gasteiger partial charge in [-0.15, -0.1) is 0 Å². The van der Waals surface area contributed by atoms with E-state index < -0.39 is 0 Å². The molecule has 4 nitrogen and oxygen atoms in total. The Morgan fingerprint density at radius 2 is 2.36 bits per heavy atom. The van der Waals surface area contributed by atoms with Crippen LogP contribution in [0.25, 0.3) is 0 Å². The molecule has 0 saturated carbocycles. The maximum atomic E-state index is 11.6. The lowest BCUT2D eigenvalue weighted by molar-refractivity contribution is -0.129. The van der Waals surface area contributed by atoms with Gasteiger partial charge in [-0.3, -0.25) is 4.79 Å². The molecule has 1 saturated heterocycles. The number of rotatable bonds is 4. The summed E-state index contributed by atoms with van der Waals surface area (Å²) in [5.41, 5.74) is 5.26. The standard InChI is InChI=1S/C10H21N3O/c1-10(9(14)12-2)4-7-13(8-10)6-3-5-11/h3-8,11H2,1-2H3,(H,12,14). The second-order valence-electron chi connectivity index (χ2n) is 4.31. The van der Waals surface area contributed by atoms with Gasteiger partial charge in [0, 0.05) is 13.6 Å². The van der Waals surface area contributed by atoms with Crippen LogP contribution in [-0.2, 0) is 4.79 Å². The highest BCUT2D eigenvalue weighted by molar-refractivity contribution is 5.82. The number of nitrogens with zero attached hydrogens (tertiary/aromatic N) is 1. The zero-order chi connectivity index (χ0) is 10.6. The van der Waals surface area contributed by atoms with E-state index in [9.17, 15) is 4.79 Å². The molecule has 0 aromatic heterocycles. The van der Waals surface area contributed by atoms with Gasteiger partial charge in [0.1, 0.15) is 0 Å². The molecule has 1 aliphatic heterocycles. The van der Waals surface area contributed by atoms with Crippen molar-refractivity contribution in [2.45, 2.75) is 19.8 Å². The minimum atomic E-state index is -0.191. The van der Waals surface area contributed by atoms with Crippen LogP contribution in [0, 0.1) is 5.41 Å². The maximum Gasteiger partial charge on any atom is 0.227 e. The Labute approximate surface area is 85.8 Å². The molecule has 1 aliphatic rings. The Bertz CT molecular complexity index is 208. The molecule has 0 radical (unpaired) electrons.